The van der Waals surface area contributed by atoms with E-state index in [4.69, 9.17) is 9.47 Å². The Kier molecular flexibility index (Phi) is 8.85. The molecule has 3 heterocycles. The van der Waals surface area contributed by atoms with Crippen molar-refractivity contribution < 1.29 is 29.0 Å². The number of carbonyl (C=O) groups excluding carboxylic acids is 3. The minimum atomic E-state index is -0.751. The molecule has 2 saturated heterocycles. The summed E-state index contributed by atoms with van der Waals surface area (Å²) in [4.78, 5) is 46.3. The molecule has 1 aromatic carbocycles. The van der Waals surface area contributed by atoms with Crippen LogP contribution < -0.4 is 0 Å². The summed E-state index contributed by atoms with van der Waals surface area (Å²) in [6, 6.07) is 7.13. The SMILES string of the molecule is CCOC(=O)c1[nH]c(C)c(C(O)=C2C(=O)C(=O)N(CCCN3CCOCC3)[C@H]2c2ccc(C(C)(C)C)cc2)c1C. The van der Waals surface area contributed by atoms with Gasteiger partial charge in [-0.1, -0.05) is 45.0 Å². The van der Waals surface area contributed by atoms with Crippen molar-refractivity contribution in [1.29, 1.82) is 0 Å². The summed E-state index contributed by atoms with van der Waals surface area (Å²) >= 11 is 0. The summed E-state index contributed by atoms with van der Waals surface area (Å²) in [6.07, 6.45) is 0.679. The molecule has 0 saturated carbocycles. The molecule has 2 aliphatic rings. The standard InChI is InChI=1S/C31H41N3O6/c1-7-40-30(38)25-19(2)23(20(3)32-25)27(35)24-26(21-9-11-22(12-10-21)31(4,5)6)34(29(37)28(24)36)14-8-13-33-15-17-39-18-16-33/h9-12,26,32,35H,7-8,13-18H2,1-6H3/t26-/m0/s1. The monoisotopic (exact) mass is 551 g/mol. The van der Waals surface area contributed by atoms with Crippen LogP contribution in [-0.2, 0) is 24.5 Å². The van der Waals surface area contributed by atoms with E-state index in [9.17, 15) is 19.5 Å². The second kappa shape index (κ2) is 12.0. The highest BCUT2D eigenvalue weighted by Crippen LogP contribution is 2.41. The summed E-state index contributed by atoms with van der Waals surface area (Å²) in [5.41, 5.74) is 3.36. The number of likely N-dealkylation sites (tertiary alicyclic amines) is 1. The number of hydrogen-bond acceptors (Lipinski definition) is 7. The van der Waals surface area contributed by atoms with Crippen LogP contribution in [0.2, 0.25) is 0 Å². The van der Waals surface area contributed by atoms with Gasteiger partial charge in [-0.3, -0.25) is 14.5 Å². The highest BCUT2D eigenvalue weighted by molar-refractivity contribution is 6.46. The number of hydrogen-bond donors (Lipinski definition) is 2. The van der Waals surface area contributed by atoms with Crippen LogP contribution in [0.15, 0.2) is 29.8 Å². The lowest BCUT2D eigenvalue weighted by Gasteiger charge is -2.29. The van der Waals surface area contributed by atoms with Gasteiger partial charge in [0.1, 0.15) is 11.5 Å². The lowest BCUT2D eigenvalue weighted by Crippen LogP contribution is -2.39. The van der Waals surface area contributed by atoms with Gasteiger partial charge in [-0.15, -0.1) is 0 Å². The molecule has 2 fully saturated rings. The summed E-state index contributed by atoms with van der Waals surface area (Å²) in [6.45, 7) is 15.9. The molecule has 2 aliphatic heterocycles. The number of aromatic nitrogens is 1. The van der Waals surface area contributed by atoms with Gasteiger partial charge in [-0.25, -0.2) is 4.79 Å². The second-order valence-electron chi connectivity index (χ2n) is 11.5. The summed E-state index contributed by atoms with van der Waals surface area (Å²) in [5.74, 6) is -2.20. The molecule has 40 heavy (non-hydrogen) atoms. The molecule has 9 nitrogen and oxygen atoms in total. The summed E-state index contributed by atoms with van der Waals surface area (Å²) in [7, 11) is 0. The van der Waals surface area contributed by atoms with Gasteiger partial charge >= 0.3 is 5.97 Å². The zero-order chi connectivity index (χ0) is 29.2. The van der Waals surface area contributed by atoms with E-state index in [1.165, 1.54) is 0 Å². The average Bonchev–Trinajstić information content (AvgIpc) is 3.36. The fourth-order valence-corrected chi connectivity index (χ4v) is 5.56. The molecule has 1 amide bonds. The second-order valence-corrected chi connectivity index (χ2v) is 11.5. The molecule has 1 aromatic heterocycles. The van der Waals surface area contributed by atoms with E-state index in [0.717, 1.165) is 30.8 Å². The number of amides is 1. The maximum atomic E-state index is 13.5. The number of aliphatic hydroxyl groups is 1. The van der Waals surface area contributed by atoms with E-state index < -0.39 is 23.7 Å². The van der Waals surface area contributed by atoms with Gasteiger partial charge in [0, 0.05) is 37.4 Å². The molecular formula is C31H41N3O6. The van der Waals surface area contributed by atoms with Crippen molar-refractivity contribution in [3.05, 3.63) is 63.5 Å². The number of rotatable bonds is 8. The Morgan fingerprint density at radius 2 is 1.75 bits per heavy atom. The number of H-pyrrole nitrogens is 1. The number of aryl methyl sites for hydroxylation is 1. The first kappa shape index (κ1) is 29.6. The molecule has 0 radical (unpaired) electrons. The van der Waals surface area contributed by atoms with Crippen LogP contribution >= 0.6 is 0 Å². The summed E-state index contributed by atoms with van der Waals surface area (Å²) < 4.78 is 10.6. The normalized spacial score (nSPS) is 19.9. The fraction of sp³-hybridized carbons (Fsp3) is 0.516. The number of aliphatic hydroxyl groups excluding tert-OH is 1. The Hall–Kier alpha value is -3.43. The van der Waals surface area contributed by atoms with Gasteiger partial charge in [-0.05, 0) is 49.3 Å². The minimum Gasteiger partial charge on any atom is -0.507 e. The fourth-order valence-electron chi connectivity index (χ4n) is 5.56. The molecule has 1 atom stereocenters. The third-order valence-electron chi connectivity index (χ3n) is 7.76. The van der Waals surface area contributed by atoms with Gasteiger partial charge in [-0.2, -0.15) is 0 Å². The van der Waals surface area contributed by atoms with Gasteiger partial charge < -0.3 is 24.5 Å². The Balaban J connectivity index is 1.76. The maximum Gasteiger partial charge on any atom is 0.355 e. The molecule has 0 bridgehead atoms. The van der Waals surface area contributed by atoms with E-state index in [1.54, 1.807) is 25.7 Å². The van der Waals surface area contributed by atoms with Crippen LogP contribution in [-0.4, -0.2) is 83.5 Å². The zero-order valence-electron chi connectivity index (χ0n) is 24.4. The molecule has 0 unspecified atom stereocenters. The van der Waals surface area contributed by atoms with Crippen LogP contribution in [0.25, 0.3) is 5.76 Å². The topological polar surface area (TPSA) is 112 Å². The van der Waals surface area contributed by atoms with Gasteiger partial charge in [0.25, 0.3) is 11.7 Å². The minimum absolute atomic E-state index is 0.0282. The molecule has 0 aliphatic carbocycles. The highest BCUT2D eigenvalue weighted by Gasteiger charge is 2.46. The van der Waals surface area contributed by atoms with Gasteiger partial charge in [0.15, 0.2) is 0 Å². The number of nitrogens with zero attached hydrogens (tertiary/aromatic N) is 2. The predicted octanol–water partition coefficient (Wildman–Crippen LogP) is 4.25. The first-order valence-electron chi connectivity index (χ1n) is 14.0. The zero-order valence-corrected chi connectivity index (χ0v) is 24.4. The predicted molar refractivity (Wildman–Crippen MR) is 152 cm³/mol. The highest BCUT2D eigenvalue weighted by atomic mass is 16.5. The average molecular weight is 552 g/mol. The number of ketones is 1. The number of ether oxygens (including phenoxy) is 2. The van der Waals surface area contributed by atoms with Crippen molar-refractivity contribution in [2.45, 2.75) is 59.4 Å². The third-order valence-corrected chi connectivity index (χ3v) is 7.76. The van der Waals surface area contributed by atoms with E-state index in [2.05, 4.69) is 30.7 Å². The quantitative estimate of drug-likeness (QED) is 0.218. The Labute approximate surface area is 236 Å². The number of benzene rings is 1. The first-order chi connectivity index (χ1) is 19.0. The van der Waals surface area contributed by atoms with Crippen molar-refractivity contribution in [2.24, 2.45) is 0 Å². The van der Waals surface area contributed by atoms with E-state index in [0.29, 0.717) is 43.0 Å². The van der Waals surface area contributed by atoms with Crippen molar-refractivity contribution in [1.82, 2.24) is 14.8 Å². The smallest absolute Gasteiger partial charge is 0.355 e. The van der Waals surface area contributed by atoms with Crippen LogP contribution in [0.1, 0.15) is 78.6 Å². The first-order valence-corrected chi connectivity index (χ1v) is 14.0. The Bertz CT molecular complexity index is 1300. The number of morpholine rings is 1. The Morgan fingerprint density at radius 1 is 1.10 bits per heavy atom. The van der Waals surface area contributed by atoms with Crippen molar-refractivity contribution in [2.75, 3.05) is 46.0 Å². The van der Waals surface area contributed by atoms with Gasteiger partial charge in [0.2, 0.25) is 0 Å². The molecule has 9 heteroatoms. The van der Waals surface area contributed by atoms with E-state index in [1.807, 2.05) is 24.3 Å². The lowest BCUT2D eigenvalue weighted by molar-refractivity contribution is -0.140. The van der Waals surface area contributed by atoms with Crippen molar-refractivity contribution in [3.63, 3.8) is 0 Å². The van der Waals surface area contributed by atoms with Crippen molar-refractivity contribution in [3.8, 4) is 0 Å². The number of carbonyl (C=O) groups is 3. The largest absolute Gasteiger partial charge is 0.507 e. The number of Topliss-reactive ketones (excluding diaryl/α,β-unsaturated/α-hetero) is 1. The number of nitrogens with one attached hydrogen (secondary N) is 1. The number of esters is 1. The van der Waals surface area contributed by atoms with Crippen LogP contribution in [0.5, 0.6) is 0 Å². The van der Waals surface area contributed by atoms with Crippen molar-refractivity contribution >= 4 is 23.4 Å². The molecule has 4 rings (SSSR count). The molecule has 0 spiro atoms. The molecule has 2 aromatic rings. The summed E-state index contributed by atoms with van der Waals surface area (Å²) in [5, 5.41) is 11.6. The van der Waals surface area contributed by atoms with Crippen LogP contribution in [0, 0.1) is 13.8 Å². The molecule has 2 N–H and O–H groups in total. The molecular weight excluding hydrogens is 510 g/mol. The third kappa shape index (κ3) is 5.86. The van der Waals surface area contributed by atoms with E-state index >= 15 is 0 Å². The van der Waals surface area contributed by atoms with E-state index in [-0.39, 0.29) is 29.0 Å². The van der Waals surface area contributed by atoms with Crippen LogP contribution in [0.3, 0.4) is 0 Å². The number of aromatic amines is 1. The maximum absolute atomic E-state index is 13.5. The van der Waals surface area contributed by atoms with Gasteiger partial charge in [0.05, 0.1) is 31.4 Å². The molecule has 216 valence electrons. The lowest BCUT2D eigenvalue weighted by atomic mass is 9.85. The Morgan fingerprint density at radius 3 is 2.35 bits per heavy atom. The van der Waals surface area contributed by atoms with Crippen LogP contribution in [0.4, 0.5) is 0 Å².